The van der Waals surface area contributed by atoms with Gasteiger partial charge in [0, 0.05) is 18.7 Å². The molecule has 92 valence electrons. The van der Waals surface area contributed by atoms with Gasteiger partial charge >= 0.3 is 0 Å². The Bertz CT molecular complexity index is 258. The number of hydrogen-bond donors (Lipinski definition) is 2. The zero-order valence-corrected chi connectivity index (χ0v) is 10.6. The van der Waals surface area contributed by atoms with Gasteiger partial charge < -0.3 is 10.6 Å². The molecule has 0 aliphatic heterocycles. The highest BCUT2D eigenvalue weighted by Crippen LogP contribution is 1.89. The van der Waals surface area contributed by atoms with E-state index in [0.29, 0.717) is 13.1 Å². The first-order valence-corrected chi connectivity index (χ1v) is 5.34. The van der Waals surface area contributed by atoms with Gasteiger partial charge in [-0.3, -0.25) is 9.59 Å². The van der Waals surface area contributed by atoms with Crippen molar-refractivity contribution >= 4 is 11.8 Å². The molecule has 16 heavy (non-hydrogen) atoms. The molecule has 4 heteroatoms. The summed E-state index contributed by atoms with van der Waals surface area (Å²) in [6.07, 6.45) is 3.05. The van der Waals surface area contributed by atoms with Crippen molar-refractivity contribution in [1.29, 1.82) is 0 Å². The Labute approximate surface area is 97.8 Å². The molecule has 0 atom stereocenters. The van der Waals surface area contributed by atoms with Crippen molar-refractivity contribution in [1.82, 2.24) is 10.6 Å². The second kappa shape index (κ2) is 11.5. The standard InChI is InChI=1S/C7H13NO.C5H9NO/c1-4-6(3)7(9)8-5-2;1-3-5(7)6-4-2/h4H,5H2,1-3H3,(H,8,9);3H,1,4H2,2H3,(H,6,7). The van der Waals surface area contributed by atoms with Crippen molar-refractivity contribution in [3.05, 3.63) is 24.3 Å². The molecule has 0 bridgehead atoms. The number of rotatable bonds is 4. The van der Waals surface area contributed by atoms with Gasteiger partial charge in [-0.25, -0.2) is 0 Å². The van der Waals surface area contributed by atoms with E-state index in [0.717, 1.165) is 5.57 Å². The smallest absolute Gasteiger partial charge is 0.246 e. The van der Waals surface area contributed by atoms with E-state index in [1.807, 2.05) is 20.8 Å². The summed E-state index contributed by atoms with van der Waals surface area (Å²) in [5, 5.41) is 5.23. The van der Waals surface area contributed by atoms with E-state index in [4.69, 9.17) is 0 Å². The van der Waals surface area contributed by atoms with Gasteiger partial charge in [-0.15, -0.1) is 0 Å². The fourth-order valence-electron chi connectivity index (χ4n) is 0.677. The molecule has 0 spiro atoms. The first-order valence-electron chi connectivity index (χ1n) is 5.34. The summed E-state index contributed by atoms with van der Waals surface area (Å²) < 4.78 is 0. The third kappa shape index (κ3) is 10.5. The molecule has 0 aliphatic carbocycles. The Morgan fingerprint density at radius 3 is 1.94 bits per heavy atom. The van der Waals surface area contributed by atoms with Crippen LogP contribution < -0.4 is 10.6 Å². The Kier molecular flexibility index (Phi) is 12.1. The van der Waals surface area contributed by atoms with Crippen LogP contribution in [0.5, 0.6) is 0 Å². The number of nitrogens with one attached hydrogen (secondary N) is 2. The second-order valence-corrected chi connectivity index (χ2v) is 2.93. The SMILES string of the molecule is C=CC(=O)NCC.CC=C(C)C(=O)NCC. The zero-order valence-electron chi connectivity index (χ0n) is 10.6. The van der Waals surface area contributed by atoms with Crippen LogP contribution >= 0.6 is 0 Å². The highest BCUT2D eigenvalue weighted by molar-refractivity contribution is 5.92. The maximum atomic E-state index is 10.8. The molecule has 0 unspecified atom stereocenters. The highest BCUT2D eigenvalue weighted by atomic mass is 16.2. The van der Waals surface area contributed by atoms with Crippen LogP contribution in [-0.4, -0.2) is 24.9 Å². The fourth-order valence-corrected chi connectivity index (χ4v) is 0.677. The van der Waals surface area contributed by atoms with E-state index < -0.39 is 0 Å². The Morgan fingerprint density at radius 2 is 1.69 bits per heavy atom. The van der Waals surface area contributed by atoms with Crippen LogP contribution in [-0.2, 0) is 9.59 Å². The van der Waals surface area contributed by atoms with E-state index in [2.05, 4.69) is 17.2 Å². The zero-order chi connectivity index (χ0) is 13.0. The maximum Gasteiger partial charge on any atom is 0.246 e. The summed E-state index contributed by atoms with van der Waals surface area (Å²) in [6, 6.07) is 0. The second-order valence-electron chi connectivity index (χ2n) is 2.93. The average Bonchev–Trinajstić information content (AvgIpc) is 2.29. The molecule has 2 amide bonds. The summed E-state index contributed by atoms with van der Waals surface area (Å²) in [7, 11) is 0. The summed E-state index contributed by atoms with van der Waals surface area (Å²) in [4.78, 5) is 21.0. The van der Waals surface area contributed by atoms with Gasteiger partial charge in [-0.05, 0) is 33.8 Å². The lowest BCUT2D eigenvalue weighted by Crippen LogP contribution is -2.23. The summed E-state index contributed by atoms with van der Waals surface area (Å²) in [5.41, 5.74) is 0.775. The highest BCUT2D eigenvalue weighted by Gasteiger charge is 1.97. The summed E-state index contributed by atoms with van der Waals surface area (Å²) >= 11 is 0. The minimum atomic E-state index is -0.109. The lowest BCUT2D eigenvalue weighted by Gasteiger charge is -1.98. The van der Waals surface area contributed by atoms with Crippen LogP contribution in [0.2, 0.25) is 0 Å². The van der Waals surface area contributed by atoms with Gasteiger partial charge in [0.25, 0.3) is 0 Å². The molecule has 0 fully saturated rings. The Hall–Kier alpha value is -1.58. The lowest BCUT2D eigenvalue weighted by atomic mass is 10.3. The van der Waals surface area contributed by atoms with Crippen LogP contribution in [0.25, 0.3) is 0 Å². The molecule has 0 aromatic carbocycles. The van der Waals surface area contributed by atoms with E-state index >= 15 is 0 Å². The molecule has 0 heterocycles. The first-order chi connectivity index (χ1) is 7.53. The minimum absolute atomic E-state index is 0.0278. The third-order valence-corrected chi connectivity index (χ3v) is 1.66. The van der Waals surface area contributed by atoms with E-state index in [-0.39, 0.29) is 11.8 Å². The number of amides is 2. The van der Waals surface area contributed by atoms with E-state index in [9.17, 15) is 9.59 Å². The Balaban J connectivity index is 0. The van der Waals surface area contributed by atoms with Crippen molar-refractivity contribution in [2.45, 2.75) is 27.7 Å². The van der Waals surface area contributed by atoms with Crippen LogP contribution in [0.15, 0.2) is 24.3 Å². The monoisotopic (exact) mass is 226 g/mol. The van der Waals surface area contributed by atoms with E-state index in [1.54, 1.807) is 13.0 Å². The van der Waals surface area contributed by atoms with Crippen LogP contribution in [0.1, 0.15) is 27.7 Å². The van der Waals surface area contributed by atoms with Gasteiger partial charge in [-0.2, -0.15) is 0 Å². The quantitative estimate of drug-likeness (QED) is 0.712. The summed E-state index contributed by atoms with van der Waals surface area (Å²) in [6.45, 7) is 12.1. The molecule has 0 aromatic rings. The molecule has 0 aromatic heterocycles. The van der Waals surface area contributed by atoms with Gasteiger partial charge in [0.15, 0.2) is 0 Å². The van der Waals surface area contributed by atoms with Crippen LogP contribution in [0, 0.1) is 0 Å². The molecule has 2 N–H and O–H groups in total. The number of carbonyl (C=O) groups excluding carboxylic acids is 2. The molecule has 0 saturated carbocycles. The van der Waals surface area contributed by atoms with E-state index in [1.165, 1.54) is 6.08 Å². The molecule has 4 nitrogen and oxygen atoms in total. The topological polar surface area (TPSA) is 58.2 Å². The predicted octanol–water partition coefficient (Wildman–Crippen LogP) is 1.40. The normalized spacial score (nSPS) is 9.62. The Morgan fingerprint density at radius 1 is 1.19 bits per heavy atom. The first kappa shape index (κ1) is 16.8. The number of likely N-dealkylation sites (N-methyl/N-ethyl adjacent to an activating group) is 2. The molecule has 0 saturated heterocycles. The average molecular weight is 226 g/mol. The molecular weight excluding hydrogens is 204 g/mol. The van der Waals surface area contributed by atoms with Crippen molar-refractivity contribution in [3.63, 3.8) is 0 Å². The fraction of sp³-hybridized carbons (Fsp3) is 0.500. The number of hydrogen-bond acceptors (Lipinski definition) is 2. The van der Waals surface area contributed by atoms with Crippen molar-refractivity contribution in [3.8, 4) is 0 Å². The molecular formula is C12H22N2O2. The van der Waals surface area contributed by atoms with Crippen LogP contribution in [0.3, 0.4) is 0 Å². The largest absolute Gasteiger partial charge is 0.353 e. The predicted molar refractivity (Wildman–Crippen MR) is 67.0 cm³/mol. The number of allylic oxidation sites excluding steroid dienone is 1. The third-order valence-electron chi connectivity index (χ3n) is 1.66. The van der Waals surface area contributed by atoms with Crippen molar-refractivity contribution in [2.24, 2.45) is 0 Å². The molecule has 0 aliphatic rings. The molecule has 0 radical (unpaired) electrons. The summed E-state index contributed by atoms with van der Waals surface area (Å²) in [5.74, 6) is -0.0810. The number of carbonyl (C=O) groups is 2. The lowest BCUT2D eigenvalue weighted by molar-refractivity contribution is -0.117. The maximum absolute atomic E-state index is 10.8. The minimum Gasteiger partial charge on any atom is -0.353 e. The van der Waals surface area contributed by atoms with Gasteiger partial charge in [0.2, 0.25) is 11.8 Å². The van der Waals surface area contributed by atoms with Crippen LogP contribution in [0.4, 0.5) is 0 Å². The van der Waals surface area contributed by atoms with Crippen molar-refractivity contribution in [2.75, 3.05) is 13.1 Å². The van der Waals surface area contributed by atoms with Crippen molar-refractivity contribution < 1.29 is 9.59 Å². The molecule has 0 rings (SSSR count). The van der Waals surface area contributed by atoms with Gasteiger partial charge in [0.05, 0.1) is 0 Å². The van der Waals surface area contributed by atoms with Gasteiger partial charge in [0.1, 0.15) is 0 Å². The van der Waals surface area contributed by atoms with Gasteiger partial charge in [-0.1, -0.05) is 12.7 Å².